The van der Waals surface area contributed by atoms with E-state index in [0.29, 0.717) is 31.6 Å². The van der Waals surface area contributed by atoms with E-state index in [1.807, 2.05) is 48.5 Å². The maximum atomic E-state index is 13.8. The van der Waals surface area contributed by atoms with Gasteiger partial charge in [0.05, 0.1) is 35.3 Å². The van der Waals surface area contributed by atoms with E-state index in [9.17, 15) is 4.39 Å². The first-order valence-corrected chi connectivity index (χ1v) is 8.74. The molecule has 0 amide bonds. The van der Waals surface area contributed by atoms with Crippen LogP contribution in [0.15, 0.2) is 48.5 Å². The molecule has 6 heteroatoms. The number of benzene rings is 2. The molecular weight excluding hydrogens is 329 g/mol. The zero-order chi connectivity index (χ0) is 18.1. The van der Waals surface area contributed by atoms with Crippen molar-refractivity contribution < 1.29 is 4.39 Å². The minimum absolute atomic E-state index is 0.418. The quantitative estimate of drug-likeness (QED) is 0.789. The molecule has 2 N–H and O–H groups in total. The summed E-state index contributed by atoms with van der Waals surface area (Å²) in [6, 6.07) is 17.2. The van der Waals surface area contributed by atoms with Crippen LogP contribution in [-0.2, 0) is 6.54 Å². The topological polar surface area (TPSA) is 70.9 Å². The van der Waals surface area contributed by atoms with Crippen LogP contribution < -0.4 is 10.6 Å². The van der Waals surface area contributed by atoms with Gasteiger partial charge in [-0.1, -0.05) is 24.3 Å². The molecule has 26 heavy (non-hydrogen) atoms. The van der Waals surface area contributed by atoms with Crippen LogP contribution >= 0.6 is 0 Å². The largest absolute Gasteiger partial charge is 0.340 e. The third-order valence-electron chi connectivity index (χ3n) is 4.91. The molecule has 0 radical (unpaired) electrons. The molecule has 1 aliphatic rings. The normalized spacial score (nSPS) is 20.3. The van der Waals surface area contributed by atoms with Crippen molar-refractivity contribution in [2.24, 2.45) is 5.73 Å². The Kier molecular flexibility index (Phi) is 4.31. The Labute approximate surface area is 151 Å². The number of nitriles is 1. The van der Waals surface area contributed by atoms with Gasteiger partial charge in [-0.2, -0.15) is 5.26 Å². The first kappa shape index (κ1) is 16.6. The lowest BCUT2D eigenvalue weighted by molar-refractivity contribution is 0.243. The van der Waals surface area contributed by atoms with Crippen molar-refractivity contribution in [2.75, 3.05) is 18.0 Å². The predicted molar refractivity (Wildman–Crippen MR) is 99.7 cm³/mol. The third kappa shape index (κ3) is 3.02. The molecule has 1 fully saturated rings. The maximum absolute atomic E-state index is 13.8. The zero-order valence-corrected chi connectivity index (χ0v) is 14.3. The molecule has 0 spiro atoms. The second-order valence-electron chi connectivity index (χ2n) is 6.71. The van der Waals surface area contributed by atoms with Crippen LogP contribution in [0.25, 0.3) is 11.0 Å². The van der Waals surface area contributed by atoms with Crippen molar-refractivity contribution in [1.29, 1.82) is 5.26 Å². The number of aromatic nitrogens is 2. The van der Waals surface area contributed by atoms with Crippen LogP contribution in [0.2, 0.25) is 0 Å². The predicted octanol–water partition coefficient (Wildman–Crippen LogP) is 2.83. The van der Waals surface area contributed by atoms with Gasteiger partial charge in [0.25, 0.3) is 0 Å². The molecule has 0 aliphatic carbocycles. The summed E-state index contributed by atoms with van der Waals surface area (Å²) in [5, 5.41) is 8.97. The summed E-state index contributed by atoms with van der Waals surface area (Å²) in [5.41, 5.74) is 9.61. The number of rotatable bonds is 3. The molecule has 2 heterocycles. The molecule has 2 atom stereocenters. The van der Waals surface area contributed by atoms with Crippen molar-refractivity contribution >= 4 is 17.0 Å². The Morgan fingerprint density at radius 2 is 1.96 bits per heavy atom. The van der Waals surface area contributed by atoms with Gasteiger partial charge in [0.15, 0.2) is 0 Å². The average Bonchev–Trinajstić information content (AvgIpc) is 3.03. The van der Waals surface area contributed by atoms with Gasteiger partial charge >= 0.3 is 0 Å². The summed E-state index contributed by atoms with van der Waals surface area (Å²) in [5.74, 6) is 0.818. The Hall–Kier alpha value is -2.91. The first-order chi connectivity index (χ1) is 12.7. The highest BCUT2D eigenvalue weighted by molar-refractivity contribution is 5.79. The van der Waals surface area contributed by atoms with Gasteiger partial charge in [0, 0.05) is 13.1 Å². The average molecular weight is 349 g/mol. The lowest BCUT2D eigenvalue weighted by Gasteiger charge is -2.34. The molecule has 1 aliphatic heterocycles. The second-order valence-corrected chi connectivity index (χ2v) is 6.71. The zero-order valence-electron chi connectivity index (χ0n) is 14.3. The number of anilines is 1. The van der Waals surface area contributed by atoms with E-state index in [0.717, 1.165) is 22.5 Å². The van der Waals surface area contributed by atoms with Crippen molar-refractivity contribution in [3.63, 3.8) is 0 Å². The van der Waals surface area contributed by atoms with E-state index in [-0.39, 0.29) is 0 Å². The van der Waals surface area contributed by atoms with E-state index in [4.69, 9.17) is 16.0 Å². The van der Waals surface area contributed by atoms with Crippen LogP contribution in [0.3, 0.4) is 0 Å². The number of nitrogens with zero attached hydrogens (tertiary/aromatic N) is 4. The van der Waals surface area contributed by atoms with Crippen molar-refractivity contribution in [2.45, 2.75) is 25.2 Å². The minimum Gasteiger partial charge on any atom is -0.340 e. The summed E-state index contributed by atoms with van der Waals surface area (Å²) < 4.78 is 15.9. The fraction of sp³-hybridized carbons (Fsp3) is 0.300. The fourth-order valence-electron chi connectivity index (χ4n) is 3.46. The van der Waals surface area contributed by atoms with E-state index >= 15 is 0 Å². The first-order valence-electron chi connectivity index (χ1n) is 8.74. The van der Waals surface area contributed by atoms with E-state index in [2.05, 4.69) is 15.5 Å². The Morgan fingerprint density at radius 1 is 1.19 bits per heavy atom. The van der Waals surface area contributed by atoms with Crippen molar-refractivity contribution in [1.82, 2.24) is 9.55 Å². The Bertz CT molecular complexity index is 956. The van der Waals surface area contributed by atoms with Crippen LogP contribution in [0, 0.1) is 11.3 Å². The molecular formula is C20H20FN5. The summed E-state index contributed by atoms with van der Waals surface area (Å²) in [4.78, 5) is 6.86. The summed E-state index contributed by atoms with van der Waals surface area (Å²) in [6.07, 6.45) is -0.538. The number of halogens is 1. The molecule has 4 rings (SSSR count). The van der Waals surface area contributed by atoms with Gasteiger partial charge in [-0.3, -0.25) is 0 Å². The molecule has 1 aromatic heterocycles. The maximum Gasteiger partial charge on any atom is 0.206 e. The SMILES string of the molecule is N#Cc1ccc(Cn2c(N3CC[C@@H](F)[C@H](N)C3)nc3ccccc32)cc1. The van der Waals surface area contributed by atoms with E-state index in [1.165, 1.54) is 0 Å². The molecule has 132 valence electrons. The monoisotopic (exact) mass is 349 g/mol. The lowest BCUT2D eigenvalue weighted by Crippen LogP contribution is -2.50. The molecule has 5 nitrogen and oxygen atoms in total. The van der Waals surface area contributed by atoms with Gasteiger partial charge in [-0.05, 0) is 36.2 Å². The summed E-state index contributed by atoms with van der Waals surface area (Å²) in [7, 11) is 0. The molecule has 3 aromatic rings. The molecule has 1 saturated heterocycles. The van der Waals surface area contributed by atoms with Gasteiger partial charge in [-0.25, -0.2) is 9.37 Å². The highest BCUT2D eigenvalue weighted by atomic mass is 19.1. The van der Waals surface area contributed by atoms with E-state index < -0.39 is 12.2 Å². The van der Waals surface area contributed by atoms with Crippen LogP contribution in [0.1, 0.15) is 17.5 Å². The Morgan fingerprint density at radius 3 is 2.69 bits per heavy atom. The van der Waals surface area contributed by atoms with Gasteiger partial charge in [0.2, 0.25) is 5.95 Å². The van der Waals surface area contributed by atoms with Crippen LogP contribution in [-0.4, -0.2) is 34.9 Å². The van der Waals surface area contributed by atoms with Crippen LogP contribution in [0.5, 0.6) is 0 Å². The third-order valence-corrected chi connectivity index (χ3v) is 4.91. The van der Waals surface area contributed by atoms with Gasteiger partial charge in [-0.15, -0.1) is 0 Å². The summed E-state index contributed by atoms with van der Waals surface area (Å²) >= 11 is 0. The number of hydrogen-bond acceptors (Lipinski definition) is 4. The second kappa shape index (κ2) is 6.77. The number of para-hydroxylation sites is 2. The lowest BCUT2D eigenvalue weighted by atomic mass is 10.1. The van der Waals surface area contributed by atoms with Crippen LogP contribution in [0.4, 0.5) is 10.3 Å². The number of alkyl halides is 1. The Balaban J connectivity index is 1.73. The smallest absolute Gasteiger partial charge is 0.206 e. The minimum atomic E-state index is -0.956. The van der Waals surface area contributed by atoms with Crippen molar-refractivity contribution in [3.8, 4) is 6.07 Å². The summed E-state index contributed by atoms with van der Waals surface area (Å²) in [6.45, 7) is 1.69. The van der Waals surface area contributed by atoms with Gasteiger partial charge in [0.1, 0.15) is 6.17 Å². The van der Waals surface area contributed by atoms with Crippen molar-refractivity contribution in [3.05, 3.63) is 59.7 Å². The van der Waals surface area contributed by atoms with Gasteiger partial charge < -0.3 is 15.2 Å². The number of imidazole rings is 1. The molecule has 2 aromatic carbocycles. The molecule has 0 bridgehead atoms. The standard InChI is InChI=1S/C20H20FN5/c21-16-9-10-25(13-17(16)23)20-24-18-3-1-2-4-19(18)26(20)12-15-7-5-14(11-22)6-8-15/h1-8,16-17H,9-10,12-13,23H2/t16-,17-/m1/s1. The fourth-order valence-corrected chi connectivity index (χ4v) is 3.46. The number of fused-ring (bicyclic) bond motifs is 1. The number of nitrogens with two attached hydrogens (primary N) is 1. The highest BCUT2D eigenvalue weighted by Crippen LogP contribution is 2.27. The number of piperidine rings is 1. The highest BCUT2D eigenvalue weighted by Gasteiger charge is 2.29. The van der Waals surface area contributed by atoms with E-state index in [1.54, 1.807) is 0 Å². The molecule has 0 unspecified atom stereocenters. The molecule has 0 saturated carbocycles. The number of hydrogen-bond donors (Lipinski definition) is 1.